The lowest BCUT2D eigenvalue weighted by molar-refractivity contribution is -0.143. The molecule has 15 heavy (non-hydrogen) atoms. The third kappa shape index (κ3) is 3.81. The molecule has 0 aromatic heterocycles. The van der Waals surface area contributed by atoms with Crippen molar-refractivity contribution in [2.75, 3.05) is 7.11 Å². The van der Waals surface area contributed by atoms with E-state index in [-0.39, 0.29) is 13.0 Å². The first-order chi connectivity index (χ1) is 7.26. The first kappa shape index (κ1) is 11.2. The van der Waals surface area contributed by atoms with Crippen molar-refractivity contribution >= 4 is 12.3 Å². The van der Waals surface area contributed by atoms with Crippen LogP contribution in [0.3, 0.4) is 0 Å². The Morgan fingerprint density at radius 2 is 2.00 bits per heavy atom. The maximum absolute atomic E-state index is 10.8. The number of methoxy groups -OCH3 is 1. The van der Waals surface area contributed by atoms with Crippen molar-refractivity contribution in [3.63, 3.8) is 0 Å². The van der Waals surface area contributed by atoms with Crippen molar-refractivity contribution in [1.82, 2.24) is 0 Å². The second-order valence-corrected chi connectivity index (χ2v) is 2.83. The van der Waals surface area contributed by atoms with Crippen molar-refractivity contribution < 1.29 is 19.1 Å². The highest BCUT2D eigenvalue weighted by Crippen LogP contribution is 2.11. The van der Waals surface area contributed by atoms with Crippen LogP contribution < -0.4 is 4.74 Å². The number of esters is 1. The average Bonchev–Trinajstić information content (AvgIpc) is 2.27. The third-order valence-electron chi connectivity index (χ3n) is 1.78. The number of hydrogen-bond donors (Lipinski definition) is 0. The molecule has 1 rings (SSSR count). The Kier molecular flexibility index (Phi) is 4.34. The topological polar surface area (TPSA) is 52.6 Å². The van der Waals surface area contributed by atoms with E-state index in [0.717, 1.165) is 11.3 Å². The fourth-order valence-corrected chi connectivity index (χ4v) is 0.996. The number of benzene rings is 1. The lowest BCUT2D eigenvalue weighted by Gasteiger charge is -2.04. The number of rotatable bonds is 5. The molecule has 0 saturated heterocycles. The Bertz CT molecular complexity index is 329. The molecule has 0 spiro atoms. The van der Waals surface area contributed by atoms with E-state index in [0.29, 0.717) is 0 Å². The van der Waals surface area contributed by atoms with Gasteiger partial charge in [0, 0.05) is 0 Å². The number of ether oxygens (including phenoxy) is 2. The summed E-state index contributed by atoms with van der Waals surface area (Å²) in [5.41, 5.74) is 0.843. The molecule has 0 saturated carbocycles. The van der Waals surface area contributed by atoms with Gasteiger partial charge in [-0.2, -0.15) is 0 Å². The van der Waals surface area contributed by atoms with Gasteiger partial charge < -0.3 is 9.47 Å². The van der Waals surface area contributed by atoms with Crippen LogP contribution in [0, 0.1) is 0 Å². The molecule has 4 heteroatoms. The second-order valence-electron chi connectivity index (χ2n) is 2.83. The number of hydrogen-bond acceptors (Lipinski definition) is 4. The standard InChI is InChI=1S/C11H11O4/c1-14-10-4-2-9(3-5-10)8-15-11(13)6-7-12/h2-5H,6,8H2,1H3. The zero-order chi connectivity index (χ0) is 11.1. The van der Waals surface area contributed by atoms with Gasteiger partial charge in [-0.1, -0.05) is 12.1 Å². The van der Waals surface area contributed by atoms with Crippen molar-refractivity contribution in [2.24, 2.45) is 0 Å². The molecule has 1 aromatic carbocycles. The van der Waals surface area contributed by atoms with E-state index < -0.39 is 5.97 Å². The van der Waals surface area contributed by atoms with Gasteiger partial charge in [0.2, 0.25) is 6.29 Å². The first-order valence-corrected chi connectivity index (χ1v) is 4.40. The molecule has 0 amide bonds. The summed E-state index contributed by atoms with van der Waals surface area (Å²) in [6.45, 7) is 0.157. The maximum atomic E-state index is 10.8. The SMILES string of the molecule is COc1ccc(COC(=O)C[C]=O)cc1. The average molecular weight is 207 g/mol. The Hall–Kier alpha value is -1.84. The summed E-state index contributed by atoms with van der Waals surface area (Å²) in [5.74, 6) is 0.173. The van der Waals surface area contributed by atoms with Crippen LogP contribution in [0.1, 0.15) is 12.0 Å². The van der Waals surface area contributed by atoms with Gasteiger partial charge in [0.05, 0.1) is 7.11 Å². The molecule has 0 bridgehead atoms. The molecule has 4 nitrogen and oxygen atoms in total. The predicted molar refractivity (Wildman–Crippen MR) is 53.1 cm³/mol. The van der Waals surface area contributed by atoms with Crippen molar-refractivity contribution in [3.05, 3.63) is 29.8 Å². The summed E-state index contributed by atoms with van der Waals surface area (Å²) in [4.78, 5) is 20.7. The van der Waals surface area contributed by atoms with Crippen molar-refractivity contribution in [2.45, 2.75) is 13.0 Å². The third-order valence-corrected chi connectivity index (χ3v) is 1.78. The van der Waals surface area contributed by atoms with E-state index in [2.05, 4.69) is 0 Å². The van der Waals surface area contributed by atoms with Gasteiger partial charge in [0.1, 0.15) is 18.8 Å². The Morgan fingerprint density at radius 3 is 2.53 bits per heavy atom. The van der Waals surface area contributed by atoms with Gasteiger partial charge in [-0.25, -0.2) is 0 Å². The van der Waals surface area contributed by atoms with Gasteiger partial charge in [-0.3, -0.25) is 9.59 Å². The molecular weight excluding hydrogens is 196 g/mol. The summed E-state index contributed by atoms with van der Waals surface area (Å²) in [5, 5.41) is 0. The van der Waals surface area contributed by atoms with Gasteiger partial charge in [-0.05, 0) is 17.7 Å². The zero-order valence-corrected chi connectivity index (χ0v) is 8.36. The van der Waals surface area contributed by atoms with E-state index in [9.17, 15) is 9.59 Å². The molecule has 0 unspecified atom stereocenters. The van der Waals surface area contributed by atoms with Crippen LogP contribution in [0.25, 0.3) is 0 Å². The van der Waals surface area contributed by atoms with Gasteiger partial charge in [0.25, 0.3) is 0 Å². The van der Waals surface area contributed by atoms with Crippen LogP contribution in [0.4, 0.5) is 0 Å². The molecule has 0 atom stereocenters. The van der Waals surface area contributed by atoms with E-state index in [4.69, 9.17) is 9.47 Å². The minimum atomic E-state index is -0.569. The highest BCUT2D eigenvalue weighted by atomic mass is 16.5. The monoisotopic (exact) mass is 207 g/mol. The predicted octanol–water partition coefficient (Wildman–Crippen LogP) is 1.24. The molecule has 0 aliphatic rings. The first-order valence-electron chi connectivity index (χ1n) is 4.40. The Labute approximate surface area is 87.8 Å². The van der Waals surface area contributed by atoms with Crippen LogP contribution in [0.2, 0.25) is 0 Å². The van der Waals surface area contributed by atoms with E-state index in [1.807, 2.05) is 0 Å². The normalized spacial score (nSPS) is 9.40. The molecule has 0 aliphatic heterocycles. The highest BCUT2D eigenvalue weighted by molar-refractivity contribution is 5.83. The van der Waals surface area contributed by atoms with Crippen LogP contribution in [0.5, 0.6) is 5.75 Å². The summed E-state index contributed by atoms with van der Waals surface area (Å²) in [6, 6.07) is 7.12. The molecular formula is C11H11O4. The summed E-state index contributed by atoms with van der Waals surface area (Å²) in [7, 11) is 1.58. The zero-order valence-electron chi connectivity index (χ0n) is 8.36. The fourth-order valence-electron chi connectivity index (χ4n) is 0.996. The molecule has 1 aromatic rings. The minimum absolute atomic E-state index is 0.157. The maximum Gasteiger partial charge on any atom is 0.314 e. The van der Waals surface area contributed by atoms with Gasteiger partial charge in [0.15, 0.2) is 0 Å². The highest BCUT2D eigenvalue weighted by Gasteiger charge is 2.02. The molecule has 1 radical (unpaired) electrons. The second kappa shape index (κ2) is 5.80. The Morgan fingerprint density at radius 1 is 1.33 bits per heavy atom. The largest absolute Gasteiger partial charge is 0.497 e. The van der Waals surface area contributed by atoms with Crippen LogP contribution in [-0.2, 0) is 20.9 Å². The van der Waals surface area contributed by atoms with Gasteiger partial charge >= 0.3 is 5.97 Å². The summed E-state index contributed by atoms with van der Waals surface area (Å²) >= 11 is 0. The lowest BCUT2D eigenvalue weighted by Crippen LogP contribution is -2.04. The van der Waals surface area contributed by atoms with Crippen LogP contribution >= 0.6 is 0 Å². The quantitative estimate of drug-likeness (QED) is 0.538. The molecule has 0 fully saturated rings. The summed E-state index contributed by atoms with van der Waals surface area (Å²) < 4.78 is 9.77. The fraction of sp³-hybridized carbons (Fsp3) is 0.273. The van der Waals surface area contributed by atoms with Crippen LogP contribution in [-0.4, -0.2) is 19.4 Å². The van der Waals surface area contributed by atoms with E-state index in [1.165, 1.54) is 6.29 Å². The summed E-state index contributed by atoms with van der Waals surface area (Å²) in [6.07, 6.45) is 1.15. The molecule has 0 aliphatic carbocycles. The van der Waals surface area contributed by atoms with Gasteiger partial charge in [-0.15, -0.1) is 0 Å². The smallest absolute Gasteiger partial charge is 0.314 e. The molecule has 79 valence electrons. The number of carbonyl (C=O) groups excluding carboxylic acids is 2. The van der Waals surface area contributed by atoms with E-state index in [1.54, 1.807) is 31.4 Å². The Balaban J connectivity index is 2.43. The van der Waals surface area contributed by atoms with Crippen molar-refractivity contribution in [3.8, 4) is 5.75 Å². The van der Waals surface area contributed by atoms with Crippen LogP contribution in [0.15, 0.2) is 24.3 Å². The molecule has 0 N–H and O–H groups in total. The minimum Gasteiger partial charge on any atom is -0.497 e. The number of carbonyl (C=O) groups is 1. The van der Waals surface area contributed by atoms with E-state index >= 15 is 0 Å². The van der Waals surface area contributed by atoms with Crippen molar-refractivity contribution in [1.29, 1.82) is 0 Å². The molecule has 0 heterocycles. The lowest BCUT2D eigenvalue weighted by atomic mass is 10.2.